The molecule has 0 spiro atoms. The number of carbonyl (C=O) groups excluding carboxylic acids is 2. The molecule has 2 heterocycles. The van der Waals surface area contributed by atoms with E-state index in [0.29, 0.717) is 31.4 Å². The van der Waals surface area contributed by atoms with E-state index in [9.17, 15) is 29.2 Å². The average Bonchev–Trinajstić information content (AvgIpc) is 3.54. The summed E-state index contributed by atoms with van der Waals surface area (Å²) in [7, 11) is 0. The molecule has 3 aromatic carbocycles. The highest BCUT2D eigenvalue weighted by atomic mass is 19.1. The van der Waals surface area contributed by atoms with Crippen molar-refractivity contribution in [2.75, 3.05) is 11.5 Å². The summed E-state index contributed by atoms with van der Waals surface area (Å²) < 4.78 is 20.5. The Morgan fingerprint density at radius 3 is 2.55 bits per heavy atom. The minimum absolute atomic E-state index is 0.136. The molecule has 8 nitrogen and oxygen atoms in total. The molecule has 2 saturated heterocycles. The number of non-ortho nitro benzene ring substituents is 1. The first-order chi connectivity index (χ1) is 21.1. The third-order valence-corrected chi connectivity index (χ3v) is 9.07. The second-order valence-corrected chi connectivity index (χ2v) is 12.0. The Balaban J connectivity index is 1.29. The Kier molecular flexibility index (Phi) is 7.90. The van der Waals surface area contributed by atoms with E-state index in [-0.39, 0.29) is 41.1 Å². The molecule has 2 amide bonds. The number of ether oxygens (including phenoxy) is 1. The lowest BCUT2D eigenvalue weighted by Crippen LogP contribution is -2.35. The number of phenols is 1. The van der Waals surface area contributed by atoms with Crippen LogP contribution in [0, 0.1) is 39.6 Å². The van der Waals surface area contributed by atoms with Crippen molar-refractivity contribution in [1.82, 2.24) is 0 Å². The van der Waals surface area contributed by atoms with E-state index in [1.807, 2.05) is 36.4 Å². The van der Waals surface area contributed by atoms with E-state index in [1.54, 1.807) is 12.1 Å². The van der Waals surface area contributed by atoms with Gasteiger partial charge in [-0.05, 0) is 65.7 Å². The van der Waals surface area contributed by atoms with Crippen LogP contribution in [0.15, 0.2) is 83.9 Å². The molecule has 2 aliphatic heterocycles. The Morgan fingerprint density at radius 2 is 1.84 bits per heavy atom. The zero-order valence-corrected chi connectivity index (χ0v) is 24.5. The number of allylic oxidation sites excluding steroid dienone is 2. The van der Waals surface area contributed by atoms with Crippen molar-refractivity contribution in [3.05, 3.63) is 111 Å². The first-order valence-corrected chi connectivity index (χ1v) is 14.8. The third kappa shape index (κ3) is 5.32. The van der Waals surface area contributed by atoms with Crippen molar-refractivity contribution in [3.63, 3.8) is 0 Å². The number of hydrogen-bond donors (Lipinski definition) is 1. The van der Waals surface area contributed by atoms with Crippen LogP contribution >= 0.6 is 0 Å². The highest BCUT2D eigenvalue weighted by Crippen LogP contribution is 2.52. The van der Waals surface area contributed by atoms with E-state index < -0.39 is 28.3 Å². The number of nitro benzene ring substituents is 1. The van der Waals surface area contributed by atoms with Gasteiger partial charge in [-0.25, -0.2) is 9.29 Å². The van der Waals surface area contributed by atoms with Crippen molar-refractivity contribution >= 4 is 34.8 Å². The summed E-state index contributed by atoms with van der Waals surface area (Å²) in [5.74, 6) is -3.00. The number of imide groups is 1. The van der Waals surface area contributed by atoms with Crippen molar-refractivity contribution in [2.45, 2.75) is 39.2 Å². The molecule has 44 heavy (non-hydrogen) atoms. The second kappa shape index (κ2) is 11.8. The molecule has 0 radical (unpaired) electrons. The fourth-order valence-corrected chi connectivity index (χ4v) is 7.01. The fraction of sp³-hybridized carbons (Fsp3) is 0.314. The third-order valence-electron chi connectivity index (χ3n) is 9.07. The van der Waals surface area contributed by atoms with Gasteiger partial charge in [-0.3, -0.25) is 19.7 Å². The van der Waals surface area contributed by atoms with E-state index >= 15 is 0 Å². The molecule has 0 saturated carbocycles. The predicted octanol–water partition coefficient (Wildman–Crippen LogP) is 6.94. The van der Waals surface area contributed by atoms with Crippen LogP contribution in [-0.4, -0.2) is 34.6 Å². The van der Waals surface area contributed by atoms with E-state index in [2.05, 4.69) is 13.8 Å². The number of nitro groups is 1. The maximum Gasteiger partial charge on any atom is 0.271 e. The van der Waals surface area contributed by atoms with Crippen LogP contribution < -0.4 is 4.90 Å². The summed E-state index contributed by atoms with van der Waals surface area (Å²) in [6.45, 7) is 4.49. The van der Waals surface area contributed by atoms with Gasteiger partial charge in [0.1, 0.15) is 0 Å². The van der Waals surface area contributed by atoms with Gasteiger partial charge >= 0.3 is 0 Å². The van der Waals surface area contributed by atoms with Gasteiger partial charge < -0.3 is 9.84 Å². The monoisotopic (exact) mass is 596 g/mol. The summed E-state index contributed by atoms with van der Waals surface area (Å²) >= 11 is 0. The van der Waals surface area contributed by atoms with Crippen LogP contribution in [0.2, 0.25) is 0 Å². The number of carbonyl (C=O) groups is 2. The Labute approximate surface area is 254 Å². The van der Waals surface area contributed by atoms with Crippen molar-refractivity contribution in [2.24, 2.45) is 23.7 Å². The summed E-state index contributed by atoms with van der Waals surface area (Å²) in [6, 6.07) is 19.8. The van der Waals surface area contributed by atoms with Gasteiger partial charge in [0.2, 0.25) is 11.8 Å². The molecule has 1 aliphatic carbocycles. The molecule has 4 atom stereocenters. The summed E-state index contributed by atoms with van der Waals surface area (Å²) in [5, 5.41) is 21.0. The molecular formula is C35H33FN2O6. The Morgan fingerprint density at radius 1 is 1.07 bits per heavy atom. The van der Waals surface area contributed by atoms with Crippen LogP contribution in [0.25, 0.3) is 11.6 Å². The van der Waals surface area contributed by atoms with Gasteiger partial charge in [0.15, 0.2) is 11.6 Å². The summed E-state index contributed by atoms with van der Waals surface area (Å²) in [6.07, 6.45) is 3.33. The summed E-state index contributed by atoms with van der Waals surface area (Å²) in [5.41, 5.74) is 4.85. The topological polar surface area (TPSA) is 110 Å². The minimum Gasteiger partial charge on any atom is -0.505 e. The number of aromatic hydroxyl groups is 1. The SMILES string of the molecule is CC(C)C1=C2[C@@H](CC/C(=C/c3ccc(O)c(F)c3)c3ccccc3)OC[C@@H]2[C@@H]2C(=O)N(c3cccc([N+](=O)[O-])c3)C(=O)[C@@H]2C1. The van der Waals surface area contributed by atoms with E-state index in [1.165, 1.54) is 30.3 Å². The zero-order valence-electron chi connectivity index (χ0n) is 24.5. The number of amides is 2. The van der Waals surface area contributed by atoms with Gasteiger partial charge in [-0.2, -0.15) is 0 Å². The maximum atomic E-state index is 14.1. The standard InChI is InChI=1S/C35H33FN2O6/c1-20(2)26-18-27-33(35(41)37(34(27)40)24-9-6-10-25(17-24)38(42)43)28-19-44-31(32(26)28)14-12-23(22-7-4-3-5-8-22)15-21-11-13-30(39)29(36)16-21/h3-11,13,15-17,20,27-28,31,33,39H,12,14,18-19H2,1-2H3/b23-15-/t27-,28+,31-,33-/m1/s1. The molecule has 0 unspecified atom stereocenters. The molecule has 3 aromatic rings. The van der Waals surface area contributed by atoms with Crippen LogP contribution in [-0.2, 0) is 14.3 Å². The number of phenolic OH excluding ortho intramolecular Hbond substituents is 1. The van der Waals surface area contributed by atoms with Crippen LogP contribution in [0.3, 0.4) is 0 Å². The Hall–Kier alpha value is -4.63. The highest BCUT2D eigenvalue weighted by molar-refractivity contribution is 6.22. The smallest absolute Gasteiger partial charge is 0.271 e. The normalized spacial score (nSPS) is 23.4. The quantitative estimate of drug-likeness (QED) is 0.0992. The Bertz CT molecular complexity index is 1700. The van der Waals surface area contributed by atoms with Gasteiger partial charge in [0.25, 0.3) is 5.69 Å². The van der Waals surface area contributed by atoms with Crippen LogP contribution in [0.4, 0.5) is 15.8 Å². The molecule has 3 aliphatic rings. The molecule has 2 fully saturated rings. The second-order valence-electron chi connectivity index (χ2n) is 12.0. The zero-order chi connectivity index (χ0) is 31.1. The lowest BCUT2D eigenvalue weighted by atomic mass is 9.67. The van der Waals surface area contributed by atoms with Crippen LogP contribution in [0.1, 0.15) is 44.2 Å². The fourth-order valence-electron chi connectivity index (χ4n) is 7.01. The number of benzene rings is 3. The van der Waals surface area contributed by atoms with E-state index in [4.69, 9.17) is 4.74 Å². The van der Waals surface area contributed by atoms with Crippen molar-refractivity contribution in [1.29, 1.82) is 0 Å². The van der Waals surface area contributed by atoms with Crippen LogP contribution in [0.5, 0.6) is 5.75 Å². The summed E-state index contributed by atoms with van der Waals surface area (Å²) in [4.78, 5) is 39.5. The average molecular weight is 597 g/mol. The number of fused-ring (bicyclic) bond motifs is 3. The number of anilines is 1. The van der Waals surface area contributed by atoms with E-state index in [0.717, 1.165) is 27.2 Å². The van der Waals surface area contributed by atoms with Gasteiger partial charge in [0.05, 0.1) is 35.2 Å². The maximum absolute atomic E-state index is 14.1. The van der Waals surface area contributed by atoms with Gasteiger partial charge in [-0.1, -0.05) is 68.0 Å². The number of nitrogens with zero attached hydrogens (tertiary/aromatic N) is 2. The molecule has 6 rings (SSSR count). The molecule has 0 bridgehead atoms. The number of rotatable bonds is 8. The molecule has 9 heteroatoms. The van der Waals surface area contributed by atoms with Gasteiger partial charge in [0, 0.05) is 18.1 Å². The predicted molar refractivity (Wildman–Crippen MR) is 164 cm³/mol. The molecular weight excluding hydrogens is 563 g/mol. The number of halogens is 1. The lowest BCUT2D eigenvalue weighted by Gasteiger charge is -2.33. The van der Waals surface area contributed by atoms with Crippen molar-refractivity contribution < 1.29 is 28.7 Å². The molecule has 226 valence electrons. The highest BCUT2D eigenvalue weighted by Gasteiger charge is 2.57. The first kappa shape index (κ1) is 29.4. The molecule has 0 aromatic heterocycles. The minimum atomic E-state index is -0.688. The van der Waals surface area contributed by atoms with Crippen molar-refractivity contribution in [3.8, 4) is 5.75 Å². The molecule has 1 N–H and O–H groups in total. The lowest BCUT2D eigenvalue weighted by molar-refractivity contribution is -0.384. The van der Waals surface area contributed by atoms with Gasteiger partial charge in [-0.15, -0.1) is 0 Å². The largest absolute Gasteiger partial charge is 0.505 e. The number of hydrogen-bond acceptors (Lipinski definition) is 6. The first-order valence-electron chi connectivity index (χ1n) is 14.8.